The van der Waals surface area contributed by atoms with Crippen molar-refractivity contribution in [1.82, 2.24) is 19.9 Å². The molecule has 118 valence electrons. The molecule has 3 aromatic rings. The summed E-state index contributed by atoms with van der Waals surface area (Å²) in [5, 5.41) is 0. The molecule has 0 aromatic carbocycles. The van der Waals surface area contributed by atoms with E-state index in [1.165, 1.54) is 11.8 Å². The van der Waals surface area contributed by atoms with Crippen molar-refractivity contribution < 1.29 is 4.39 Å². The van der Waals surface area contributed by atoms with Gasteiger partial charge in [0.15, 0.2) is 0 Å². The molecule has 1 unspecified atom stereocenters. The van der Waals surface area contributed by atoms with Crippen molar-refractivity contribution in [1.29, 1.82) is 0 Å². The maximum absolute atomic E-state index is 13.5. The number of nitrogens with one attached hydrogen (secondary N) is 1. The lowest BCUT2D eigenvalue weighted by Gasteiger charge is -2.31. The molecule has 0 saturated heterocycles. The molecule has 0 fully saturated rings. The Hall–Kier alpha value is -2.50. The maximum Gasteiger partial charge on any atom is 0.225 e. The molecule has 4 rings (SSSR count). The van der Waals surface area contributed by atoms with Crippen LogP contribution in [0.25, 0.3) is 11.0 Å². The second kappa shape index (κ2) is 5.30. The summed E-state index contributed by atoms with van der Waals surface area (Å²) in [6, 6.07) is 3.44. The van der Waals surface area contributed by atoms with E-state index in [2.05, 4.69) is 24.8 Å². The van der Waals surface area contributed by atoms with Gasteiger partial charge in [-0.3, -0.25) is 0 Å². The molecule has 6 heteroatoms. The normalized spacial score (nSPS) is 17.3. The predicted molar refractivity (Wildman–Crippen MR) is 87.0 cm³/mol. The number of pyridine rings is 1. The van der Waals surface area contributed by atoms with Gasteiger partial charge in [0.25, 0.3) is 0 Å². The van der Waals surface area contributed by atoms with Crippen LogP contribution in [-0.4, -0.2) is 33.0 Å². The first-order valence-corrected chi connectivity index (χ1v) is 7.79. The second-order valence-corrected chi connectivity index (χ2v) is 6.18. The van der Waals surface area contributed by atoms with Crippen molar-refractivity contribution in [2.75, 3.05) is 11.9 Å². The third-order valence-corrected chi connectivity index (χ3v) is 4.59. The minimum absolute atomic E-state index is 0.286. The Balaban J connectivity index is 1.66. The van der Waals surface area contributed by atoms with Crippen LogP contribution in [0.3, 0.4) is 0 Å². The average Bonchev–Trinajstić information content (AvgIpc) is 2.92. The summed E-state index contributed by atoms with van der Waals surface area (Å²) in [7, 11) is 2.02. The van der Waals surface area contributed by atoms with Gasteiger partial charge >= 0.3 is 0 Å². The number of hydrogen-bond donors (Lipinski definition) is 1. The van der Waals surface area contributed by atoms with E-state index in [0.29, 0.717) is 0 Å². The third kappa shape index (κ3) is 2.44. The summed E-state index contributed by atoms with van der Waals surface area (Å²) < 4.78 is 13.5. The van der Waals surface area contributed by atoms with E-state index in [1.807, 2.05) is 26.4 Å². The highest BCUT2D eigenvalue weighted by Gasteiger charge is 2.27. The highest BCUT2D eigenvalue weighted by molar-refractivity contribution is 5.80. The van der Waals surface area contributed by atoms with E-state index in [-0.39, 0.29) is 6.04 Å². The van der Waals surface area contributed by atoms with Gasteiger partial charge in [-0.15, -0.1) is 0 Å². The maximum atomic E-state index is 13.5. The first-order chi connectivity index (χ1) is 11.1. The van der Waals surface area contributed by atoms with Crippen molar-refractivity contribution in [2.24, 2.45) is 0 Å². The van der Waals surface area contributed by atoms with Crippen molar-refractivity contribution in [2.45, 2.75) is 32.2 Å². The van der Waals surface area contributed by atoms with E-state index in [0.717, 1.165) is 47.4 Å². The van der Waals surface area contributed by atoms with Gasteiger partial charge in [-0.05, 0) is 43.9 Å². The molecule has 23 heavy (non-hydrogen) atoms. The van der Waals surface area contributed by atoms with Gasteiger partial charge in [0, 0.05) is 36.7 Å². The molecule has 0 amide bonds. The fourth-order valence-corrected chi connectivity index (χ4v) is 3.29. The van der Waals surface area contributed by atoms with Gasteiger partial charge in [-0.2, -0.15) is 4.39 Å². The molecule has 3 aromatic heterocycles. The fourth-order valence-electron chi connectivity index (χ4n) is 3.29. The van der Waals surface area contributed by atoms with Crippen molar-refractivity contribution in [3.8, 4) is 0 Å². The molecule has 3 heterocycles. The molecule has 1 N–H and O–H groups in total. The number of aryl methyl sites for hydroxylation is 2. The Kier molecular flexibility index (Phi) is 3.25. The van der Waals surface area contributed by atoms with Gasteiger partial charge in [0.2, 0.25) is 11.9 Å². The van der Waals surface area contributed by atoms with Crippen LogP contribution >= 0.6 is 0 Å². The minimum atomic E-state index is -0.434. The molecular formula is C17H18FN5. The summed E-state index contributed by atoms with van der Waals surface area (Å²) in [6.07, 6.45) is 6.41. The van der Waals surface area contributed by atoms with Crippen LogP contribution in [0.5, 0.6) is 0 Å². The number of rotatable bonds is 2. The SMILES string of the molecule is Cc1cnc(N(C)C2CCc3[nH]c4ccc(F)nc4c3C2)nc1. The number of aromatic nitrogens is 4. The number of fused-ring (bicyclic) bond motifs is 3. The van der Waals surface area contributed by atoms with Crippen LogP contribution in [0.2, 0.25) is 0 Å². The minimum Gasteiger partial charge on any atom is -0.357 e. The molecule has 1 atom stereocenters. The molecule has 1 aliphatic carbocycles. The summed E-state index contributed by atoms with van der Waals surface area (Å²) in [4.78, 5) is 18.4. The van der Waals surface area contributed by atoms with Gasteiger partial charge < -0.3 is 9.88 Å². The standard InChI is InChI=1S/C17H18FN5/c1-10-8-19-17(20-9-10)23(2)11-3-4-13-12(7-11)16-14(21-13)5-6-15(18)22-16/h5-6,8-9,11,21H,3-4,7H2,1-2H3. The van der Waals surface area contributed by atoms with Crippen molar-refractivity contribution in [3.63, 3.8) is 0 Å². The Bertz CT molecular complexity index is 855. The Morgan fingerprint density at radius 2 is 2.04 bits per heavy atom. The number of H-pyrrole nitrogens is 1. The second-order valence-electron chi connectivity index (χ2n) is 6.18. The van der Waals surface area contributed by atoms with Crippen molar-refractivity contribution >= 4 is 17.0 Å². The lowest BCUT2D eigenvalue weighted by atomic mass is 9.92. The van der Waals surface area contributed by atoms with E-state index >= 15 is 0 Å². The van der Waals surface area contributed by atoms with Crippen LogP contribution in [0.15, 0.2) is 24.5 Å². The van der Waals surface area contributed by atoms with E-state index in [9.17, 15) is 4.39 Å². The summed E-state index contributed by atoms with van der Waals surface area (Å²) in [5.74, 6) is 0.291. The number of hydrogen-bond acceptors (Lipinski definition) is 4. The third-order valence-electron chi connectivity index (χ3n) is 4.59. The van der Waals surface area contributed by atoms with E-state index in [1.54, 1.807) is 6.07 Å². The predicted octanol–water partition coefficient (Wildman–Crippen LogP) is 2.79. The first-order valence-electron chi connectivity index (χ1n) is 7.79. The lowest BCUT2D eigenvalue weighted by molar-refractivity contribution is 0.537. The van der Waals surface area contributed by atoms with Crippen LogP contribution in [0.4, 0.5) is 10.3 Å². The van der Waals surface area contributed by atoms with E-state index < -0.39 is 5.95 Å². The van der Waals surface area contributed by atoms with Gasteiger partial charge in [0.1, 0.15) is 0 Å². The highest BCUT2D eigenvalue weighted by atomic mass is 19.1. The quantitative estimate of drug-likeness (QED) is 0.739. The molecule has 1 aliphatic rings. The molecule has 0 radical (unpaired) electrons. The van der Waals surface area contributed by atoms with Gasteiger partial charge in [-0.1, -0.05) is 0 Å². The van der Waals surface area contributed by atoms with Crippen LogP contribution in [-0.2, 0) is 12.8 Å². The number of halogens is 1. The summed E-state index contributed by atoms with van der Waals surface area (Å²) in [5.41, 5.74) is 5.00. The Morgan fingerprint density at radius 1 is 1.26 bits per heavy atom. The zero-order valence-electron chi connectivity index (χ0n) is 13.2. The summed E-state index contributed by atoms with van der Waals surface area (Å²) >= 11 is 0. The number of likely N-dealkylation sites (N-methyl/N-ethyl adjacent to an activating group) is 1. The smallest absolute Gasteiger partial charge is 0.225 e. The Morgan fingerprint density at radius 3 is 2.83 bits per heavy atom. The van der Waals surface area contributed by atoms with E-state index in [4.69, 9.17) is 0 Å². The molecule has 0 saturated carbocycles. The number of aromatic amines is 1. The molecule has 0 spiro atoms. The monoisotopic (exact) mass is 311 g/mol. The van der Waals surface area contributed by atoms with Crippen LogP contribution in [0, 0.1) is 12.9 Å². The zero-order chi connectivity index (χ0) is 16.0. The van der Waals surface area contributed by atoms with Crippen LogP contribution < -0.4 is 4.90 Å². The van der Waals surface area contributed by atoms with Gasteiger partial charge in [-0.25, -0.2) is 15.0 Å². The molecule has 0 bridgehead atoms. The fraction of sp³-hybridized carbons (Fsp3) is 0.353. The topological polar surface area (TPSA) is 57.7 Å². The lowest BCUT2D eigenvalue weighted by Crippen LogP contribution is -2.37. The van der Waals surface area contributed by atoms with Crippen LogP contribution in [0.1, 0.15) is 23.2 Å². The molecule has 0 aliphatic heterocycles. The first kappa shape index (κ1) is 14.1. The summed E-state index contributed by atoms with van der Waals surface area (Å²) in [6.45, 7) is 1.98. The zero-order valence-corrected chi connectivity index (χ0v) is 13.2. The number of anilines is 1. The highest BCUT2D eigenvalue weighted by Crippen LogP contribution is 2.30. The Labute approximate surface area is 133 Å². The molecule has 5 nitrogen and oxygen atoms in total. The average molecular weight is 311 g/mol. The number of nitrogens with zero attached hydrogens (tertiary/aromatic N) is 4. The molecular weight excluding hydrogens is 293 g/mol. The largest absolute Gasteiger partial charge is 0.357 e. The van der Waals surface area contributed by atoms with Crippen molar-refractivity contribution in [3.05, 3.63) is 47.3 Å². The van der Waals surface area contributed by atoms with Gasteiger partial charge in [0.05, 0.1) is 11.0 Å².